The van der Waals surface area contributed by atoms with E-state index in [1.807, 2.05) is 6.07 Å². The van der Waals surface area contributed by atoms with Crippen molar-refractivity contribution < 1.29 is 4.39 Å². The van der Waals surface area contributed by atoms with Crippen molar-refractivity contribution in [3.63, 3.8) is 0 Å². The van der Waals surface area contributed by atoms with Gasteiger partial charge in [0.25, 0.3) is 0 Å². The Morgan fingerprint density at radius 3 is 2.50 bits per heavy atom. The lowest BCUT2D eigenvalue weighted by Gasteiger charge is -2.11. The van der Waals surface area contributed by atoms with Gasteiger partial charge >= 0.3 is 0 Å². The normalized spacial score (nSPS) is 10.4. The second-order valence-corrected chi connectivity index (χ2v) is 3.14. The minimum absolute atomic E-state index is 0.191. The first-order valence-electron chi connectivity index (χ1n) is 4.12. The summed E-state index contributed by atoms with van der Waals surface area (Å²) in [7, 11) is 1.81. The van der Waals surface area contributed by atoms with Gasteiger partial charge in [0.2, 0.25) is 0 Å². The zero-order chi connectivity index (χ0) is 9.14. The number of hydrogen-bond acceptors (Lipinski definition) is 1. The molecule has 1 nitrogen and oxygen atoms in total. The maximum atomic E-state index is 12.8. The number of benzene rings is 1. The van der Waals surface area contributed by atoms with E-state index in [1.54, 1.807) is 7.05 Å². The molecule has 0 saturated carbocycles. The van der Waals surface area contributed by atoms with E-state index in [1.165, 1.54) is 12.1 Å². The third kappa shape index (κ3) is 1.76. The molecule has 0 fully saturated rings. The predicted molar refractivity (Wildman–Crippen MR) is 50.0 cm³/mol. The fraction of sp³-hybridized carbons (Fsp3) is 0.400. The van der Waals surface area contributed by atoms with Crippen molar-refractivity contribution in [2.45, 2.75) is 19.8 Å². The number of anilines is 1. The summed E-state index contributed by atoms with van der Waals surface area (Å²) in [6.45, 7) is 4.18. The first-order valence-corrected chi connectivity index (χ1v) is 4.12. The van der Waals surface area contributed by atoms with Gasteiger partial charge in [0.05, 0.1) is 0 Å². The van der Waals surface area contributed by atoms with Gasteiger partial charge in [-0.05, 0) is 23.6 Å². The van der Waals surface area contributed by atoms with E-state index >= 15 is 0 Å². The van der Waals surface area contributed by atoms with Crippen LogP contribution in [0.3, 0.4) is 0 Å². The Morgan fingerprint density at radius 2 is 2.00 bits per heavy atom. The largest absolute Gasteiger partial charge is 0.388 e. The molecule has 1 aromatic rings. The van der Waals surface area contributed by atoms with Crippen molar-refractivity contribution in [2.24, 2.45) is 0 Å². The second kappa shape index (κ2) is 3.57. The minimum atomic E-state index is -0.191. The van der Waals surface area contributed by atoms with Crippen LogP contribution in [-0.4, -0.2) is 7.05 Å². The molecule has 0 radical (unpaired) electrons. The molecule has 1 rings (SSSR count). The fourth-order valence-corrected chi connectivity index (χ4v) is 1.25. The summed E-state index contributed by atoms with van der Waals surface area (Å²) in [5.74, 6) is 0.233. The lowest BCUT2D eigenvalue weighted by Crippen LogP contribution is -1.97. The highest BCUT2D eigenvalue weighted by atomic mass is 19.1. The van der Waals surface area contributed by atoms with E-state index in [0.717, 1.165) is 11.3 Å². The van der Waals surface area contributed by atoms with Crippen molar-refractivity contribution in [3.8, 4) is 0 Å². The van der Waals surface area contributed by atoms with Crippen molar-refractivity contribution in [1.82, 2.24) is 0 Å². The monoisotopic (exact) mass is 167 g/mol. The van der Waals surface area contributed by atoms with Crippen molar-refractivity contribution in [3.05, 3.63) is 29.6 Å². The Morgan fingerprint density at radius 1 is 1.33 bits per heavy atom. The van der Waals surface area contributed by atoms with Gasteiger partial charge in [-0.3, -0.25) is 0 Å². The Kier molecular flexibility index (Phi) is 2.69. The minimum Gasteiger partial charge on any atom is -0.388 e. The van der Waals surface area contributed by atoms with Crippen LogP contribution >= 0.6 is 0 Å². The topological polar surface area (TPSA) is 12.0 Å². The van der Waals surface area contributed by atoms with Gasteiger partial charge in [-0.1, -0.05) is 19.9 Å². The lowest BCUT2D eigenvalue weighted by molar-refractivity contribution is 0.627. The molecule has 0 spiro atoms. The highest BCUT2D eigenvalue weighted by molar-refractivity contribution is 5.52. The number of halogens is 1. The van der Waals surface area contributed by atoms with E-state index in [9.17, 15) is 4.39 Å². The molecule has 0 aliphatic rings. The highest BCUT2D eigenvalue weighted by Crippen LogP contribution is 2.24. The molecule has 0 bridgehead atoms. The molecule has 12 heavy (non-hydrogen) atoms. The van der Waals surface area contributed by atoms with Crippen molar-refractivity contribution in [1.29, 1.82) is 0 Å². The van der Waals surface area contributed by atoms with Gasteiger partial charge < -0.3 is 5.32 Å². The van der Waals surface area contributed by atoms with Gasteiger partial charge in [0.15, 0.2) is 0 Å². The molecule has 0 atom stereocenters. The van der Waals surface area contributed by atoms with E-state index in [0.29, 0.717) is 5.92 Å². The standard InChI is InChI=1S/C10H14FN/c1-7(2)9-5-4-8(11)6-10(9)12-3/h4-7,12H,1-3H3. The summed E-state index contributed by atoms with van der Waals surface area (Å²) >= 11 is 0. The average molecular weight is 167 g/mol. The average Bonchev–Trinajstić information content (AvgIpc) is 2.03. The van der Waals surface area contributed by atoms with Gasteiger partial charge in [-0.15, -0.1) is 0 Å². The lowest BCUT2D eigenvalue weighted by atomic mass is 10.0. The Balaban J connectivity index is 3.11. The van der Waals surface area contributed by atoms with Crippen LogP contribution in [0.5, 0.6) is 0 Å². The molecule has 1 aromatic carbocycles. The van der Waals surface area contributed by atoms with Crippen LogP contribution in [0.2, 0.25) is 0 Å². The number of nitrogens with one attached hydrogen (secondary N) is 1. The molecule has 0 saturated heterocycles. The predicted octanol–water partition coefficient (Wildman–Crippen LogP) is 2.99. The molecule has 0 aliphatic carbocycles. The summed E-state index contributed by atoms with van der Waals surface area (Å²) in [5, 5.41) is 2.98. The molecule has 0 aliphatic heterocycles. The summed E-state index contributed by atoms with van der Waals surface area (Å²) < 4.78 is 12.8. The Bertz CT molecular complexity index is 269. The van der Waals surface area contributed by atoms with Crippen LogP contribution in [0.1, 0.15) is 25.3 Å². The third-order valence-electron chi connectivity index (χ3n) is 1.91. The molecule has 0 unspecified atom stereocenters. The maximum Gasteiger partial charge on any atom is 0.125 e. The number of hydrogen-bond donors (Lipinski definition) is 1. The molecule has 0 aromatic heterocycles. The van der Waals surface area contributed by atoms with Crippen molar-refractivity contribution in [2.75, 3.05) is 12.4 Å². The van der Waals surface area contributed by atoms with E-state index in [-0.39, 0.29) is 5.82 Å². The fourth-order valence-electron chi connectivity index (χ4n) is 1.25. The van der Waals surface area contributed by atoms with Crippen molar-refractivity contribution >= 4 is 5.69 Å². The van der Waals surface area contributed by atoms with Crippen LogP contribution in [0.15, 0.2) is 18.2 Å². The molecular formula is C10H14FN. The summed E-state index contributed by atoms with van der Waals surface area (Å²) in [5.41, 5.74) is 2.03. The van der Waals surface area contributed by atoms with Crippen LogP contribution in [0, 0.1) is 5.82 Å². The first-order chi connectivity index (χ1) is 5.65. The van der Waals surface area contributed by atoms with Crippen LogP contribution in [-0.2, 0) is 0 Å². The third-order valence-corrected chi connectivity index (χ3v) is 1.91. The van der Waals surface area contributed by atoms with Crippen LogP contribution in [0.4, 0.5) is 10.1 Å². The van der Waals surface area contributed by atoms with Gasteiger partial charge in [0, 0.05) is 12.7 Å². The SMILES string of the molecule is CNc1cc(F)ccc1C(C)C. The molecule has 1 N–H and O–H groups in total. The van der Waals surface area contributed by atoms with Crippen LogP contribution in [0.25, 0.3) is 0 Å². The molecular weight excluding hydrogens is 153 g/mol. The molecule has 66 valence electrons. The smallest absolute Gasteiger partial charge is 0.125 e. The highest BCUT2D eigenvalue weighted by Gasteiger charge is 2.05. The van der Waals surface area contributed by atoms with Gasteiger partial charge in [-0.2, -0.15) is 0 Å². The Hall–Kier alpha value is -1.05. The number of rotatable bonds is 2. The first kappa shape index (κ1) is 9.04. The van der Waals surface area contributed by atoms with E-state index in [2.05, 4.69) is 19.2 Å². The summed E-state index contributed by atoms with van der Waals surface area (Å²) in [6, 6.07) is 4.84. The summed E-state index contributed by atoms with van der Waals surface area (Å²) in [4.78, 5) is 0. The quantitative estimate of drug-likeness (QED) is 0.714. The Labute approximate surface area is 72.6 Å². The zero-order valence-electron chi connectivity index (χ0n) is 7.69. The maximum absolute atomic E-state index is 12.8. The molecule has 0 heterocycles. The summed E-state index contributed by atoms with van der Waals surface area (Å²) in [6.07, 6.45) is 0. The molecule has 2 heteroatoms. The van der Waals surface area contributed by atoms with Gasteiger partial charge in [-0.25, -0.2) is 4.39 Å². The van der Waals surface area contributed by atoms with E-state index in [4.69, 9.17) is 0 Å². The van der Waals surface area contributed by atoms with Crippen LogP contribution < -0.4 is 5.32 Å². The van der Waals surface area contributed by atoms with E-state index < -0.39 is 0 Å². The second-order valence-electron chi connectivity index (χ2n) is 3.14. The zero-order valence-corrected chi connectivity index (χ0v) is 7.69. The molecule has 0 amide bonds. The van der Waals surface area contributed by atoms with Gasteiger partial charge in [0.1, 0.15) is 5.82 Å².